The van der Waals surface area contributed by atoms with Crippen molar-refractivity contribution in [2.45, 2.75) is 27.2 Å². The Labute approximate surface area is 186 Å². The van der Waals surface area contributed by atoms with Gasteiger partial charge in [0.2, 0.25) is 0 Å². The number of hydrogen-bond acceptors (Lipinski definition) is 2. The van der Waals surface area contributed by atoms with E-state index in [1.165, 1.54) is 16.7 Å². The van der Waals surface area contributed by atoms with E-state index in [4.69, 9.17) is 4.98 Å². The van der Waals surface area contributed by atoms with Crippen molar-refractivity contribution in [3.63, 3.8) is 0 Å². The molecule has 3 aromatic rings. The zero-order chi connectivity index (χ0) is 22.4. The molecular formula is C28H31N3. The van der Waals surface area contributed by atoms with Gasteiger partial charge in [-0.25, -0.2) is 4.98 Å². The Morgan fingerprint density at radius 2 is 1.97 bits per heavy atom. The zero-order valence-corrected chi connectivity index (χ0v) is 18.9. The molecule has 0 amide bonds. The van der Waals surface area contributed by atoms with Crippen LogP contribution < -0.4 is 5.32 Å². The Morgan fingerprint density at radius 1 is 1.16 bits per heavy atom. The molecule has 0 aliphatic heterocycles. The number of benzene rings is 2. The van der Waals surface area contributed by atoms with Gasteiger partial charge in [0.15, 0.2) is 0 Å². The number of aryl methyl sites for hydroxylation is 1. The monoisotopic (exact) mass is 409 g/mol. The van der Waals surface area contributed by atoms with Crippen molar-refractivity contribution in [2.24, 2.45) is 0 Å². The standard InChI is InChI=1S/C28H31N3/c1-7-22-12-9-13-23(17-22)18-26-30-27(20(4)11-8-10-19(2)3)28(31-26)24-14-15-25(29-6)21(5)16-24/h7-17,29H,1,4,18H2,2-3,5-6H3,(H,30,31)/b11-8-. The van der Waals surface area contributed by atoms with Gasteiger partial charge in [-0.15, -0.1) is 0 Å². The minimum absolute atomic E-state index is 0.716. The van der Waals surface area contributed by atoms with Crippen LogP contribution in [0.25, 0.3) is 22.9 Å². The lowest BCUT2D eigenvalue weighted by atomic mass is 10.0. The van der Waals surface area contributed by atoms with Gasteiger partial charge in [0, 0.05) is 24.7 Å². The molecular weight excluding hydrogens is 378 g/mol. The normalized spacial score (nSPS) is 10.8. The van der Waals surface area contributed by atoms with Gasteiger partial charge in [0.25, 0.3) is 0 Å². The van der Waals surface area contributed by atoms with Crippen molar-refractivity contribution in [2.75, 3.05) is 12.4 Å². The smallest absolute Gasteiger partial charge is 0.111 e. The molecule has 0 fully saturated rings. The third kappa shape index (κ3) is 5.52. The molecule has 1 heterocycles. The number of imidazole rings is 1. The largest absolute Gasteiger partial charge is 0.388 e. The first-order chi connectivity index (χ1) is 14.9. The second-order valence-electron chi connectivity index (χ2n) is 7.94. The van der Waals surface area contributed by atoms with Crippen molar-refractivity contribution < 1.29 is 0 Å². The number of allylic oxidation sites excluding steroid dienone is 5. The minimum atomic E-state index is 0.716. The highest BCUT2D eigenvalue weighted by molar-refractivity contribution is 5.81. The summed E-state index contributed by atoms with van der Waals surface area (Å²) in [6, 6.07) is 14.8. The first kappa shape index (κ1) is 22.1. The summed E-state index contributed by atoms with van der Waals surface area (Å²) >= 11 is 0. The highest BCUT2D eigenvalue weighted by Crippen LogP contribution is 2.30. The number of H-pyrrole nitrogens is 1. The molecule has 158 valence electrons. The van der Waals surface area contributed by atoms with Gasteiger partial charge in [-0.3, -0.25) is 0 Å². The lowest BCUT2D eigenvalue weighted by molar-refractivity contribution is 1.02. The number of aromatic nitrogens is 2. The highest BCUT2D eigenvalue weighted by Gasteiger charge is 2.15. The summed E-state index contributed by atoms with van der Waals surface area (Å²) in [5.74, 6) is 0.915. The SMILES string of the molecule is C=Cc1cccc(Cc2nc(C(=C)/C=C\C=C(C)C)c(-c3ccc(NC)c(C)c3)[nH]2)c1. The Balaban J connectivity index is 2.03. The maximum atomic E-state index is 4.94. The average molecular weight is 410 g/mol. The molecule has 3 rings (SSSR count). The minimum Gasteiger partial charge on any atom is -0.388 e. The molecule has 31 heavy (non-hydrogen) atoms. The molecule has 1 aromatic heterocycles. The summed E-state index contributed by atoms with van der Waals surface area (Å²) in [5.41, 5.74) is 9.70. The number of rotatable bonds is 8. The van der Waals surface area contributed by atoms with Gasteiger partial charge >= 0.3 is 0 Å². The van der Waals surface area contributed by atoms with E-state index in [0.29, 0.717) is 6.42 Å². The molecule has 0 aliphatic carbocycles. The van der Waals surface area contributed by atoms with E-state index >= 15 is 0 Å². The lowest BCUT2D eigenvalue weighted by Gasteiger charge is -2.08. The number of aromatic amines is 1. The van der Waals surface area contributed by atoms with Crippen LogP contribution in [0.1, 0.15) is 42.1 Å². The predicted molar refractivity (Wildman–Crippen MR) is 135 cm³/mol. The van der Waals surface area contributed by atoms with Gasteiger partial charge in [0.05, 0.1) is 11.4 Å². The third-order valence-corrected chi connectivity index (χ3v) is 5.13. The maximum absolute atomic E-state index is 4.94. The topological polar surface area (TPSA) is 40.7 Å². The van der Waals surface area contributed by atoms with Crippen molar-refractivity contribution in [3.8, 4) is 11.3 Å². The van der Waals surface area contributed by atoms with Crippen molar-refractivity contribution in [3.05, 3.63) is 108 Å². The Kier molecular flexibility index (Phi) is 7.09. The summed E-state index contributed by atoms with van der Waals surface area (Å²) in [4.78, 5) is 8.50. The first-order valence-electron chi connectivity index (χ1n) is 10.5. The number of nitrogens with one attached hydrogen (secondary N) is 2. The van der Waals surface area contributed by atoms with Crippen molar-refractivity contribution >= 4 is 17.3 Å². The summed E-state index contributed by atoms with van der Waals surface area (Å²) in [5, 5.41) is 3.23. The summed E-state index contributed by atoms with van der Waals surface area (Å²) < 4.78 is 0. The third-order valence-electron chi connectivity index (χ3n) is 5.13. The van der Waals surface area contributed by atoms with Gasteiger partial charge in [-0.05, 0) is 55.2 Å². The zero-order valence-electron chi connectivity index (χ0n) is 18.9. The van der Waals surface area contributed by atoms with E-state index < -0.39 is 0 Å². The molecule has 0 spiro atoms. The quantitative estimate of drug-likeness (QED) is 0.386. The summed E-state index contributed by atoms with van der Waals surface area (Å²) in [6.45, 7) is 14.4. The maximum Gasteiger partial charge on any atom is 0.111 e. The molecule has 0 bridgehead atoms. The first-order valence-corrected chi connectivity index (χ1v) is 10.5. The molecule has 3 heteroatoms. The number of anilines is 1. The Hall–Kier alpha value is -3.59. The molecule has 2 aromatic carbocycles. The highest BCUT2D eigenvalue weighted by atomic mass is 14.9. The van der Waals surface area contributed by atoms with E-state index in [9.17, 15) is 0 Å². The van der Waals surface area contributed by atoms with Crippen LogP contribution in [0.15, 0.2) is 79.4 Å². The van der Waals surface area contributed by atoms with Crippen LogP contribution in [-0.4, -0.2) is 17.0 Å². The second-order valence-corrected chi connectivity index (χ2v) is 7.94. The van der Waals surface area contributed by atoms with Crippen LogP contribution in [0.3, 0.4) is 0 Å². The van der Waals surface area contributed by atoms with E-state index in [0.717, 1.165) is 39.6 Å². The van der Waals surface area contributed by atoms with Crippen LogP contribution in [0.5, 0.6) is 0 Å². The van der Waals surface area contributed by atoms with Gasteiger partial charge in [-0.1, -0.05) is 73.4 Å². The van der Waals surface area contributed by atoms with Crippen molar-refractivity contribution in [1.29, 1.82) is 0 Å². The van der Waals surface area contributed by atoms with Crippen LogP contribution in [0, 0.1) is 6.92 Å². The van der Waals surface area contributed by atoms with E-state index in [-0.39, 0.29) is 0 Å². The predicted octanol–water partition coefficient (Wildman–Crippen LogP) is 7.20. The van der Waals surface area contributed by atoms with Crippen LogP contribution >= 0.6 is 0 Å². The van der Waals surface area contributed by atoms with Crippen LogP contribution in [0.2, 0.25) is 0 Å². The van der Waals surface area contributed by atoms with Gasteiger partial charge < -0.3 is 10.3 Å². The van der Waals surface area contributed by atoms with Gasteiger partial charge in [-0.2, -0.15) is 0 Å². The van der Waals surface area contributed by atoms with Crippen LogP contribution in [-0.2, 0) is 6.42 Å². The van der Waals surface area contributed by atoms with Crippen LogP contribution in [0.4, 0.5) is 5.69 Å². The fourth-order valence-corrected chi connectivity index (χ4v) is 3.51. The molecule has 0 atom stereocenters. The average Bonchev–Trinajstić information content (AvgIpc) is 3.17. The molecule has 0 radical (unpaired) electrons. The molecule has 0 aliphatic rings. The van der Waals surface area contributed by atoms with E-state index in [1.807, 2.05) is 25.3 Å². The van der Waals surface area contributed by atoms with Crippen molar-refractivity contribution in [1.82, 2.24) is 9.97 Å². The fraction of sp³-hybridized carbons (Fsp3) is 0.179. The Bertz CT molecular complexity index is 1150. The van der Waals surface area contributed by atoms with E-state index in [2.05, 4.69) is 92.8 Å². The summed E-state index contributed by atoms with van der Waals surface area (Å²) in [6.07, 6.45) is 8.70. The molecule has 2 N–H and O–H groups in total. The fourth-order valence-electron chi connectivity index (χ4n) is 3.51. The molecule has 0 saturated carbocycles. The molecule has 0 unspecified atom stereocenters. The lowest BCUT2D eigenvalue weighted by Crippen LogP contribution is -1.93. The number of nitrogens with zero attached hydrogens (tertiary/aromatic N) is 1. The molecule has 3 nitrogen and oxygen atoms in total. The molecule has 0 saturated heterocycles. The second kappa shape index (κ2) is 9.94. The van der Waals surface area contributed by atoms with E-state index in [1.54, 1.807) is 0 Å². The van der Waals surface area contributed by atoms with Gasteiger partial charge in [0.1, 0.15) is 5.82 Å². The number of hydrogen-bond donors (Lipinski definition) is 2. The summed E-state index contributed by atoms with van der Waals surface area (Å²) in [7, 11) is 1.94. The Morgan fingerprint density at radius 3 is 2.65 bits per heavy atom.